The number of anilines is 2. The summed E-state index contributed by atoms with van der Waals surface area (Å²) in [6, 6.07) is 1.98. The van der Waals surface area contributed by atoms with Crippen LogP contribution in [0.2, 0.25) is 0 Å². The molecule has 1 atom stereocenters. The molecule has 0 aliphatic heterocycles. The lowest BCUT2D eigenvalue weighted by Crippen LogP contribution is -2.26. The largest absolute Gasteiger partial charge is 0.383 e. The van der Waals surface area contributed by atoms with Crippen molar-refractivity contribution in [3.8, 4) is 5.95 Å². The van der Waals surface area contributed by atoms with E-state index < -0.39 is 0 Å². The van der Waals surface area contributed by atoms with Crippen molar-refractivity contribution in [1.82, 2.24) is 24.7 Å². The third kappa shape index (κ3) is 4.12. The van der Waals surface area contributed by atoms with E-state index >= 15 is 0 Å². The Kier molecular flexibility index (Phi) is 5.44. The number of aromatic nitrogens is 5. The van der Waals surface area contributed by atoms with Crippen molar-refractivity contribution in [2.24, 2.45) is 0 Å². The number of hydrogen-bond donors (Lipinski definition) is 2. The van der Waals surface area contributed by atoms with Gasteiger partial charge in [-0.1, -0.05) is 13.3 Å². The van der Waals surface area contributed by atoms with E-state index in [0.29, 0.717) is 24.5 Å². The summed E-state index contributed by atoms with van der Waals surface area (Å²) in [4.78, 5) is 13.0. The first-order valence-electron chi connectivity index (χ1n) is 6.96. The van der Waals surface area contributed by atoms with Crippen molar-refractivity contribution < 1.29 is 4.74 Å². The molecule has 2 N–H and O–H groups in total. The number of rotatable bonds is 8. The van der Waals surface area contributed by atoms with Crippen molar-refractivity contribution >= 4 is 11.9 Å². The molecule has 0 saturated heterocycles. The predicted octanol–water partition coefficient (Wildman–Crippen LogP) is 1.33. The third-order valence-electron chi connectivity index (χ3n) is 2.89. The molecule has 0 fully saturated rings. The van der Waals surface area contributed by atoms with Gasteiger partial charge in [-0.3, -0.25) is 0 Å². The molecule has 2 rings (SSSR count). The molecular weight excluding hydrogens is 270 g/mol. The van der Waals surface area contributed by atoms with Crippen molar-refractivity contribution in [2.45, 2.75) is 25.8 Å². The maximum absolute atomic E-state index is 5.22. The van der Waals surface area contributed by atoms with Crippen LogP contribution in [0.25, 0.3) is 5.95 Å². The summed E-state index contributed by atoms with van der Waals surface area (Å²) in [6.07, 6.45) is 5.50. The van der Waals surface area contributed by atoms with Gasteiger partial charge in [-0.15, -0.1) is 0 Å². The fourth-order valence-electron chi connectivity index (χ4n) is 1.96. The molecule has 0 bridgehead atoms. The maximum Gasteiger partial charge on any atom is 0.257 e. The highest BCUT2D eigenvalue weighted by Gasteiger charge is 2.12. The van der Waals surface area contributed by atoms with Gasteiger partial charge in [0, 0.05) is 26.6 Å². The minimum atomic E-state index is 0.164. The van der Waals surface area contributed by atoms with Crippen LogP contribution in [-0.2, 0) is 4.74 Å². The minimum absolute atomic E-state index is 0.164. The van der Waals surface area contributed by atoms with E-state index in [1.807, 2.05) is 6.07 Å². The molecule has 8 heteroatoms. The molecule has 0 spiro atoms. The zero-order valence-electron chi connectivity index (χ0n) is 12.6. The van der Waals surface area contributed by atoms with Gasteiger partial charge in [0.1, 0.15) is 0 Å². The number of methoxy groups -OCH3 is 1. The summed E-state index contributed by atoms with van der Waals surface area (Å²) in [5, 5.41) is 10.4. The lowest BCUT2D eigenvalue weighted by atomic mass is 10.2. The summed E-state index contributed by atoms with van der Waals surface area (Å²) >= 11 is 0. The Labute approximate surface area is 124 Å². The number of nitrogens with zero attached hydrogens (tertiary/aromatic N) is 5. The van der Waals surface area contributed by atoms with Gasteiger partial charge < -0.3 is 15.4 Å². The smallest absolute Gasteiger partial charge is 0.257 e. The topological polar surface area (TPSA) is 89.8 Å². The summed E-state index contributed by atoms with van der Waals surface area (Å²) < 4.78 is 6.82. The quantitative estimate of drug-likeness (QED) is 0.758. The van der Waals surface area contributed by atoms with Crippen molar-refractivity contribution in [3.05, 3.63) is 18.5 Å². The molecule has 2 aromatic rings. The summed E-state index contributed by atoms with van der Waals surface area (Å²) in [6.45, 7) is 2.73. The second-order valence-corrected chi connectivity index (χ2v) is 4.57. The first-order chi connectivity index (χ1) is 10.3. The van der Waals surface area contributed by atoms with E-state index in [9.17, 15) is 0 Å². The molecule has 8 nitrogen and oxygen atoms in total. The lowest BCUT2D eigenvalue weighted by molar-refractivity contribution is 0.182. The lowest BCUT2D eigenvalue weighted by Gasteiger charge is -2.17. The first kappa shape index (κ1) is 15.2. The van der Waals surface area contributed by atoms with Crippen LogP contribution >= 0.6 is 0 Å². The Morgan fingerprint density at radius 1 is 1.29 bits per heavy atom. The second-order valence-electron chi connectivity index (χ2n) is 4.57. The van der Waals surface area contributed by atoms with Crippen molar-refractivity contribution in [2.75, 3.05) is 31.4 Å². The monoisotopic (exact) mass is 291 g/mol. The van der Waals surface area contributed by atoms with E-state index in [1.165, 1.54) is 0 Å². The van der Waals surface area contributed by atoms with Crippen LogP contribution in [0, 0.1) is 0 Å². The Bertz CT molecular complexity index is 537. The predicted molar refractivity (Wildman–Crippen MR) is 80.7 cm³/mol. The Morgan fingerprint density at radius 2 is 2.10 bits per heavy atom. The molecule has 114 valence electrons. The molecule has 0 aliphatic rings. The molecule has 21 heavy (non-hydrogen) atoms. The SMILES string of the molecule is CCCC(COC)Nc1nc(NC)nc(-n2cccn2)n1. The highest BCUT2D eigenvalue weighted by atomic mass is 16.5. The van der Waals surface area contributed by atoms with Crippen LogP contribution in [0.15, 0.2) is 18.5 Å². The van der Waals surface area contributed by atoms with E-state index in [0.717, 1.165) is 12.8 Å². The Hall–Kier alpha value is -2.22. The fourth-order valence-corrected chi connectivity index (χ4v) is 1.96. The molecule has 0 radical (unpaired) electrons. The molecule has 0 aliphatic carbocycles. The number of ether oxygens (including phenoxy) is 1. The van der Waals surface area contributed by atoms with Crippen molar-refractivity contribution in [1.29, 1.82) is 0 Å². The van der Waals surface area contributed by atoms with Crippen LogP contribution in [0.4, 0.5) is 11.9 Å². The minimum Gasteiger partial charge on any atom is -0.383 e. The van der Waals surface area contributed by atoms with Gasteiger partial charge in [-0.2, -0.15) is 20.1 Å². The highest BCUT2D eigenvalue weighted by Crippen LogP contribution is 2.11. The normalized spacial score (nSPS) is 12.1. The van der Waals surface area contributed by atoms with Crippen LogP contribution in [-0.4, -0.2) is 51.5 Å². The van der Waals surface area contributed by atoms with Crippen molar-refractivity contribution in [3.63, 3.8) is 0 Å². The summed E-state index contributed by atoms with van der Waals surface area (Å²) in [5.41, 5.74) is 0. The zero-order valence-corrected chi connectivity index (χ0v) is 12.6. The first-order valence-corrected chi connectivity index (χ1v) is 6.96. The van der Waals surface area contributed by atoms with Crippen LogP contribution < -0.4 is 10.6 Å². The van der Waals surface area contributed by atoms with Crippen LogP contribution in [0.3, 0.4) is 0 Å². The van der Waals surface area contributed by atoms with E-state index in [1.54, 1.807) is 31.2 Å². The average Bonchev–Trinajstić information content (AvgIpc) is 3.01. The molecule has 0 amide bonds. The van der Waals surface area contributed by atoms with Gasteiger partial charge in [0.05, 0.1) is 12.6 Å². The zero-order chi connectivity index (χ0) is 15.1. The van der Waals surface area contributed by atoms with Gasteiger partial charge in [-0.05, 0) is 12.5 Å². The van der Waals surface area contributed by atoms with Crippen LogP contribution in [0.5, 0.6) is 0 Å². The fraction of sp³-hybridized carbons (Fsp3) is 0.538. The van der Waals surface area contributed by atoms with Crippen LogP contribution in [0.1, 0.15) is 19.8 Å². The Morgan fingerprint density at radius 3 is 2.71 bits per heavy atom. The third-order valence-corrected chi connectivity index (χ3v) is 2.89. The summed E-state index contributed by atoms with van der Waals surface area (Å²) in [7, 11) is 3.45. The van der Waals surface area contributed by atoms with Gasteiger partial charge in [0.2, 0.25) is 11.9 Å². The summed E-state index contributed by atoms with van der Waals surface area (Å²) in [5.74, 6) is 1.47. The van der Waals surface area contributed by atoms with Gasteiger partial charge in [0.25, 0.3) is 5.95 Å². The molecule has 2 heterocycles. The van der Waals surface area contributed by atoms with Gasteiger partial charge in [-0.25, -0.2) is 4.68 Å². The highest BCUT2D eigenvalue weighted by molar-refractivity contribution is 5.38. The van der Waals surface area contributed by atoms with E-state index in [-0.39, 0.29) is 6.04 Å². The van der Waals surface area contributed by atoms with Gasteiger partial charge in [0.15, 0.2) is 0 Å². The second kappa shape index (κ2) is 7.53. The molecule has 0 saturated carbocycles. The number of hydrogen-bond acceptors (Lipinski definition) is 7. The molecule has 2 aromatic heterocycles. The van der Waals surface area contributed by atoms with E-state index in [4.69, 9.17) is 4.74 Å². The average molecular weight is 291 g/mol. The Balaban J connectivity index is 2.23. The molecular formula is C13H21N7O. The standard InChI is InChI=1S/C13H21N7O/c1-4-6-10(9-21-3)16-12-17-11(14-2)18-13(19-12)20-8-5-7-15-20/h5,7-8,10H,4,6,9H2,1-3H3,(H2,14,16,17,18,19). The molecule has 0 aromatic carbocycles. The number of nitrogens with one attached hydrogen (secondary N) is 2. The van der Waals surface area contributed by atoms with E-state index in [2.05, 4.69) is 37.6 Å². The maximum atomic E-state index is 5.22. The van der Waals surface area contributed by atoms with Gasteiger partial charge >= 0.3 is 0 Å². The molecule has 1 unspecified atom stereocenters.